The quantitative estimate of drug-likeness (QED) is 0.718. The normalized spacial score (nSPS) is 9.92. The minimum Gasteiger partial charge on any atom is -0.396 e. The van der Waals surface area contributed by atoms with Crippen LogP contribution in [0.5, 0.6) is 0 Å². The van der Waals surface area contributed by atoms with Crippen molar-refractivity contribution in [3.63, 3.8) is 0 Å². The van der Waals surface area contributed by atoms with E-state index in [1.807, 2.05) is 0 Å². The summed E-state index contributed by atoms with van der Waals surface area (Å²) < 4.78 is 0. The molecule has 4 nitrogen and oxygen atoms in total. The Morgan fingerprint density at radius 2 is 2.62 bits per heavy atom. The predicted molar refractivity (Wildman–Crippen MR) is 55.2 cm³/mol. The molecule has 0 saturated carbocycles. The zero-order valence-electron chi connectivity index (χ0n) is 6.90. The van der Waals surface area contributed by atoms with Gasteiger partial charge < -0.3 is 10.4 Å². The van der Waals surface area contributed by atoms with Gasteiger partial charge in [0.05, 0.1) is 12.4 Å². The van der Waals surface area contributed by atoms with Crippen LogP contribution in [0, 0.1) is 0 Å². The topological polar surface area (TPSA) is 62.2 Å². The molecule has 0 aromatic carbocycles. The lowest BCUT2D eigenvalue weighted by atomic mass is 10.7. The number of carbonyl (C=O) groups is 1. The number of aliphatic hydroxyl groups is 1. The second-order valence-electron chi connectivity index (χ2n) is 2.16. The highest BCUT2D eigenvalue weighted by Gasteiger charge is 2.02. The Bertz CT molecular complexity index is 251. The van der Waals surface area contributed by atoms with Crippen molar-refractivity contribution in [1.82, 2.24) is 4.98 Å². The maximum Gasteiger partial charge on any atom is 0.236 e. The number of carbonyl (C=O) groups excluding carboxylic acids is 1. The van der Waals surface area contributed by atoms with Gasteiger partial charge in [0, 0.05) is 17.3 Å². The van der Waals surface area contributed by atoms with Gasteiger partial charge in [-0.3, -0.25) is 4.79 Å². The Balaban J connectivity index is 2.18. The van der Waals surface area contributed by atoms with Gasteiger partial charge in [-0.25, -0.2) is 4.98 Å². The van der Waals surface area contributed by atoms with Gasteiger partial charge in [0.1, 0.15) is 0 Å². The minimum absolute atomic E-state index is 0.0756. The largest absolute Gasteiger partial charge is 0.396 e. The van der Waals surface area contributed by atoms with E-state index in [0.717, 1.165) is 0 Å². The van der Waals surface area contributed by atoms with E-state index >= 15 is 0 Å². The second-order valence-corrected chi connectivity index (χ2v) is 4.16. The molecule has 1 heterocycles. The van der Waals surface area contributed by atoms with Crippen LogP contribution in [0.4, 0.5) is 5.13 Å². The summed E-state index contributed by atoms with van der Waals surface area (Å²) in [5.74, 6) is 0.874. The Hall–Kier alpha value is -0.590. The number of thioether (sulfide) groups is 1. The summed E-state index contributed by atoms with van der Waals surface area (Å²) in [6.45, 7) is 0.106. The van der Waals surface area contributed by atoms with Crippen molar-refractivity contribution in [3.8, 4) is 0 Å². The first-order valence-electron chi connectivity index (χ1n) is 3.71. The van der Waals surface area contributed by atoms with Gasteiger partial charge in [-0.1, -0.05) is 0 Å². The summed E-state index contributed by atoms with van der Waals surface area (Å²) >= 11 is 2.79. The molecule has 0 radical (unpaired) electrons. The van der Waals surface area contributed by atoms with Crippen LogP contribution < -0.4 is 5.32 Å². The molecule has 0 unspecified atom stereocenters. The predicted octanol–water partition coefficient (Wildman–Crippen LogP) is 0.807. The van der Waals surface area contributed by atoms with Gasteiger partial charge in [-0.2, -0.15) is 0 Å². The van der Waals surface area contributed by atoms with E-state index in [4.69, 9.17) is 5.11 Å². The molecule has 0 saturated heterocycles. The fourth-order valence-electron chi connectivity index (χ4n) is 0.670. The summed E-state index contributed by atoms with van der Waals surface area (Å²) in [5, 5.41) is 13.5. The minimum atomic E-state index is -0.0756. The zero-order valence-corrected chi connectivity index (χ0v) is 8.53. The molecule has 2 N–H and O–H groups in total. The maximum atomic E-state index is 11.1. The lowest BCUT2D eigenvalue weighted by Gasteiger charge is -1.99. The Morgan fingerprint density at radius 1 is 1.77 bits per heavy atom. The van der Waals surface area contributed by atoms with Crippen LogP contribution >= 0.6 is 23.1 Å². The average molecular weight is 218 g/mol. The summed E-state index contributed by atoms with van der Waals surface area (Å²) in [6.07, 6.45) is 1.64. The van der Waals surface area contributed by atoms with Crippen LogP contribution in [0.25, 0.3) is 0 Å². The van der Waals surface area contributed by atoms with Gasteiger partial charge in [0.2, 0.25) is 5.91 Å². The zero-order chi connectivity index (χ0) is 9.52. The van der Waals surface area contributed by atoms with E-state index in [1.165, 1.54) is 23.1 Å². The number of aliphatic hydroxyl groups excluding tert-OH is 1. The van der Waals surface area contributed by atoms with Crippen LogP contribution in [0.1, 0.15) is 0 Å². The number of amides is 1. The fourth-order valence-corrected chi connectivity index (χ4v) is 1.75. The molecule has 0 spiro atoms. The van der Waals surface area contributed by atoms with Crippen molar-refractivity contribution in [3.05, 3.63) is 11.6 Å². The molecule has 0 aliphatic carbocycles. The number of aromatic nitrogens is 1. The molecule has 13 heavy (non-hydrogen) atoms. The molecule has 0 bridgehead atoms. The molecule has 0 fully saturated rings. The van der Waals surface area contributed by atoms with Gasteiger partial charge in [0.25, 0.3) is 0 Å². The number of nitrogens with one attached hydrogen (secondary N) is 1. The van der Waals surface area contributed by atoms with Crippen molar-refractivity contribution in [1.29, 1.82) is 0 Å². The fraction of sp³-hybridized carbons (Fsp3) is 0.429. The number of hydrogen-bond donors (Lipinski definition) is 2. The van der Waals surface area contributed by atoms with E-state index < -0.39 is 0 Å². The van der Waals surface area contributed by atoms with E-state index in [-0.39, 0.29) is 12.5 Å². The standard InChI is InChI=1S/C7H10N2O2S2/c10-2-4-12-5-6(11)9-7-8-1-3-13-7/h1,3,10H,2,4-5H2,(H,8,9,11). The van der Waals surface area contributed by atoms with Gasteiger partial charge >= 0.3 is 0 Å². The smallest absolute Gasteiger partial charge is 0.236 e. The summed E-state index contributed by atoms with van der Waals surface area (Å²) in [4.78, 5) is 15.1. The SMILES string of the molecule is O=C(CSCCO)Nc1nccs1. The third-order valence-corrected chi connectivity index (χ3v) is 2.77. The molecule has 1 aromatic heterocycles. The van der Waals surface area contributed by atoms with Crippen molar-refractivity contribution >= 4 is 34.1 Å². The Morgan fingerprint density at radius 3 is 3.23 bits per heavy atom. The Labute approximate surface area is 84.4 Å². The van der Waals surface area contributed by atoms with Crippen molar-refractivity contribution in [2.24, 2.45) is 0 Å². The van der Waals surface area contributed by atoms with E-state index in [2.05, 4.69) is 10.3 Å². The van der Waals surface area contributed by atoms with Crippen molar-refractivity contribution in [2.75, 3.05) is 23.4 Å². The molecular weight excluding hydrogens is 208 g/mol. The first kappa shape index (κ1) is 10.5. The van der Waals surface area contributed by atoms with Crippen LogP contribution in [0.3, 0.4) is 0 Å². The third-order valence-electron chi connectivity index (χ3n) is 1.15. The molecule has 0 aliphatic heterocycles. The molecule has 1 aromatic rings. The van der Waals surface area contributed by atoms with Gasteiger partial charge in [0.15, 0.2) is 5.13 Å². The number of thiazole rings is 1. The van der Waals surface area contributed by atoms with Gasteiger partial charge in [-0.15, -0.1) is 23.1 Å². The summed E-state index contributed by atoms with van der Waals surface area (Å²) in [7, 11) is 0. The molecule has 0 aliphatic rings. The highest BCUT2D eigenvalue weighted by Crippen LogP contribution is 2.10. The maximum absolute atomic E-state index is 11.1. The van der Waals surface area contributed by atoms with E-state index in [0.29, 0.717) is 16.6 Å². The number of rotatable bonds is 5. The number of hydrogen-bond acceptors (Lipinski definition) is 5. The number of nitrogens with zero attached hydrogens (tertiary/aromatic N) is 1. The lowest BCUT2D eigenvalue weighted by Crippen LogP contribution is -2.14. The molecule has 0 atom stereocenters. The monoisotopic (exact) mass is 218 g/mol. The van der Waals surface area contributed by atoms with Crippen LogP contribution in [0.2, 0.25) is 0 Å². The molecule has 1 amide bonds. The van der Waals surface area contributed by atoms with Crippen molar-refractivity contribution in [2.45, 2.75) is 0 Å². The first-order chi connectivity index (χ1) is 6.33. The third kappa shape index (κ3) is 4.25. The highest BCUT2D eigenvalue weighted by atomic mass is 32.2. The lowest BCUT2D eigenvalue weighted by molar-refractivity contribution is -0.113. The first-order valence-corrected chi connectivity index (χ1v) is 5.74. The van der Waals surface area contributed by atoms with Crippen molar-refractivity contribution < 1.29 is 9.90 Å². The molecular formula is C7H10N2O2S2. The number of anilines is 1. The van der Waals surface area contributed by atoms with Crippen LogP contribution in [0.15, 0.2) is 11.6 Å². The summed E-state index contributed by atoms with van der Waals surface area (Å²) in [5.41, 5.74) is 0. The van der Waals surface area contributed by atoms with E-state index in [9.17, 15) is 4.79 Å². The molecule has 72 valence electrons. The highest BCUT2D eigenvalue weighted by molar-refractivity contribution is 7.99. The van der Waals surface area contributed by atoms with E-state index in [1.54, 1.807) is 11.6 Å². The van der Waals surface area contributed by atoms with Crippen LogP contribution in [-0.4, -0.2) is 34.1 Å². The molecule has 6 heteroatoms. The molecule has 1 rings (SSSR count). The van der Waals surface area contributed by atoms with Crippen LogP contribution in [-0.2, 0) is 4.79 Å². The Kier molecular flexibility index (Phi) is 4.81. The van der Waals surface area contributed by atoms with Gasteiger partial charge in [-0.05, 0) is 0 Å². The second kappa shape index (κ2) is 5.95. The summed E-state index contributed by atoms with van der Waals surface area (Å²) in [6, 6.07) is 0. The average Bonchev–Trinajstić information content (AvgIpc) is 2.57.